The number of amides is 1. The van der Waals surface area contributed by atoms with E-state index in [0.717, 1.165) is 35.1 Å². The Bertz CT molecular complexity index is 768. The maximum atomic E-state index is 11.8. The summed E-state index contributed by atoms with van der Waals surface area (Å²) in [5, 5.41) is 9.48. The summed E-state index contributed by atoms with van der Waals surface area (Å²) < 4.78 is 5.18. The van der Waals surface area contributed by atoms with Crippen molar-refractivity contribution in [3.8, 4) is 5.75 Å². The number of carbonyl (C=O) groups is 1. The van der Waals surface area contributed by atoms with E-state index in [-0.39, 0.29) is 11.8 Å². The highest BCUT2D eigenvalue weighted by atomic mass is 16.5. The zero-order valence-electron chi connectivity index (χ0n) is 17.1. The SMILES string of the molecule is CCNC(=NCc1ccc(OC)cc1)NCc1ccc(NC(=O)C(C)C)cc1. The first-order chi connectivity index (χ1) is 13.5. The molecule has 2 aromatic carbocycles. The Morgan fingerprint density at radius 3 is 2.21 bits per heavy atom. The fourth-order valence-corrected chi connectivity index (χ4v) is 2.42. The van der Waals surface area contributed by atoms with E-state index in [2.05, 4.69) is 20.9 Å². The average molecular weight is 383 g/mol. The number of aliphatic imine (C=N–C) groups is 1. The van der Waals surface area contributed by atoms with Crippen molar-refractivity contribution in [1.29, 1.82) is 0 Å². The van der Waals surface area contributed by atoms with Crippen molar-refractivity contribution in [1.82, 2.24) is 10.6 Å². The molecule has 2 aromatic rings. The molecule has 28 heavy (non-hydrogen) atoms. The Morgan fingerprint density at radius 1 is 1.00 bits per heavy atom. The van der Waals surface area contributed by atoms with Crippen molar-refractivity contribution in [3.05, 3.63) is 59.7 Å². The van der Waals surface area contributed by atoms with Gasteiger partial charge in [-0.05, 0) is 42.3 Å². The Balaban J connectivity index is 1.91. The molecule has 3 N–H and O–H groups in total. The van der Waals surface area contributed by atoms with Crippen molar-refractivity contribution in [2.24, 2.45) is 10.9 Å². The molecule has 6 nitrogen and oxygen atoms in total. The maximum absolute atomic E-state index is 11.8. The minimum absolute atomic E-state index is 0.0194. The van der Waals surface area contributed by atoms with Crippen LogP contribution in [0.2, 0.25) is 0 Å². The topological polar surface area (TPSA) is 74.8 Å². The highest BCUT2D eigenvalue weighted by Gasteiger charge is 2.06. The summed E-state index contributed by atoms with van der Waals surface area (Å²) in [5.74, 6) is 1.58. The van der Waals surface area contributed by atoms with Gasteiger partial charge in [0, 0.05) is 24.7 Å². The van der Waals surface area contributed by atoms with Gasteiger partial charge in [0.2, 0.25) is 5.91 Å². The molecule has 0 aliphatic heterocycles. The third-order valence-corrected chi connectivity index (χ3v) is 4.13. The molecule has 0 aliphatic rings. The molecular formula is C22H30N4O2. The molecule has 0 unspecified atom stereocenters. The molecule has 1 amide bonds. The van der Waals surface area contributed by atoms with E-state index in [1.807, 2.05) is 69.3 Å². The van der Waals surface area contributed by atoms with E-state index >= 15 is 0 Å². The smallest absolute Gasteiger partial charge is 0.226 e. The zero-order chi connectivity index (χ0) is 20.4. The maximum Gasteiger partial charge on any atom is 0.226 e. The molecule has 0 aromatic heterocycles. The summed E-state index contributed by atoms with van der Waals surface area (Å²) >= 11 is 0. The molecule has 0 bridgehead atoms. The molecular weight excluding hydrogens is 352 g/mol. The molecule has 0 saturated heterocycles. The standard InChI is InChI=1S/C22H30N4O2/c1-5-23-22(25-15-18-8-12-20(28-4)13-9-18)24-14-17-6-10-19(11-7-17)26-21(27)16(2)3/h6-13,16H,5,14-15H2,1-4H3,(H,26,27)(H2,23,24,25). The van der Waals surface area contributed by atoms with Gasteiger partial charge in [0.1, 0.15) is 5.75 Å². The second-order valence-electron chi connectivity index (χ2n) is 6.74. The molecule has 2 rings (SSSR count). The van der Waals surface area contributed by atoms with Crippen LogP contribution in [0, 0.1) is 5.92 Å². The van der Waals surface area contributed by atoms with Crippen LogP contribution in [0.15, 0.2) is 53.5 Å². The van der Waals surface area contributed by atoms with Crippen LogP contribution in [0.25, 0.3) is 0 Å². The molecule has 6 heteroatoms. The molecule has 0 fully saturated rings. The average Bonchev–Trinajstić information content (AvgIpc) is 2.71. The van der Waals surface area contributed by atoms with Gasteiger partial charge in [-0.15, -0.1) is 0 Å². The summed E-state index contributed by atoms with van der Waals surface area (Å²) in [6, 6.07) is 15.7. The van der Waals surface area contributed by atoms with Gasteiger partial charge in [0.25, 0.3) is 0 Å². The van der Waals surface area contributed by atoms with Gasteiger partial charge in [-0.2, -0.15) is 0 Å². The summed E-state index contributed by atoms with van der Waals surface area (Å²) in [4.78, 5) is 16.4. The van der Waals surface area contributed by atoms with Gasteiger partial charge in [0.05, 0.1) is 13.7 Å². The van der Waals surface area contributed by atoms with Crippen LogP contribution in [-0.4, -0.2) is 25.5 Å². The van der Waals surface area contributed by atoms with E-state index in [1.54, 1.807) is 7.11 Å². The number of ether oxygens (including phenoxy) is 1. The fourth-order valence-electron chi connectivity index (χ4n) is 2.42. The third-order valence-electron chi connectivity index (χ3n) is 4.13. The fraction of sp³-hybridized carbons (Fsp3) is 0.364. The first-order valence-corrected chi connectivity index (χ1v) is 9.56. The van der Waals surface area contributed by atoms with Gasteiger partial charge >= 0.3 is 0 Å². The monoisotopic (exact) mass is 382 g/mol. The Hall–Kier alpha value is -3.02. The lowest BCUT2D eigenvalue weighted by Crippen LogP contribution is -2.36. The highest BCUT2D eigenvalue weighted by Crippen LogP contribution is 2.12. The number of hydrogen-bond donors (Lipinski definition) is 3. The van der Waals surface area contributed by atoms with E-state index in [0.29, 0.717) is 13.1 Å². The van der Waals surface area contributed by atoms with Gasteiger partial charge in [-0.3, -0.25) is 4.79 Å². The number of hydrogen-bond acceptors (Lipinski definition) is 3. The van der Waals surface area contributed by atoms with E-state index in [9.17, 15) is 4.79 Å². The normalized spacial score (nSPS) is 11.2. The Morgan fingerprint density at radius 2 is 1.64 bits per heavy atom. The first-order valence-electron chi connectivity index (χ1n) is 9.56. The summed E-state index contributed by atoms with van der Waals surface area (Å²) in [5.41, 5.74) is 3.03. The number of anilines is 1. The summed E-state index contributed by atoms with van der Waals surface area (Å²) in [6.45, 7) is 7.81. The molecule has 0 heterocycles. The van der Waals surface area contributed by atoms with Gasteiger partial charge in [-0.25, -0.2) is 4.99 Å². The van der Waals surface area contributed by atoms with Gasteiger partial charge < -0.3 is 20.7 Å². The van der Waals surface area contributed by atoms with Crippen LogP contribution in [-0.2, 0) is 17.9 Å². The molecule has 0 atom stereocenters. The van der Waals surface area contributed by atoms with Crippen LogP contribution >= 0.6 is 0 Å². The van der Waals surface area contributed by atoms with Crippen LogP contribution in [0.1, 0.15) is 31.9 Å². The van der Waals surface area contributed by atoms with Crippen LogP contribution in [0.5, 0.6) is 5.75 Å². The number of methoxy groups -OCH3 is 1. The molecule has 0 saturated carbocycles. The van der Waals surface area contributed by atoms with Crippen LogP contribution < -0.4 is 20.7 Å². The predicted molar refractivity (Wildman–Crippen MR) is 115 cm³/mol. The van der Waals surface area contributed by atoms with Gasteiger partial charge in [-0.1, -0.05) is 38.1 Å². The highest BCUT2D eigenvalue weighted by molar-refractivity contribution is 5.92. The zero-order valence-corrected chi connectivity index (χ0v) is 17.1. The van der Waals surface area contributed by atoms with E-state index in [1.165, 1.54) is 0 Å². The first kappa shape index (κ1) is 21.3. The number of carbonyl (C=O) groups excluding carboxylic acids is 1. The van der Waals surface area contributed by atoms with Crippen LogP contribution in [0.4, 0.5) is 5.69 Å². The second kappa shape index (κ2) is 11.0. The quantitative estimate of drug-likeness (QED) is 0.482. The number of benzene rings is 2. The number of guanidine groups is 1. The van der Waals surface area contributed by atoms with Gasteiger partial charge in [0.15, 0.2) is 5.96 Å². The van der Waals surface area contributed by atoms with Crippen molar-refractivity contribution in [2.45, 2.75) is 33.9 Å². The minimum Gasteiger partial charge on any atom is -0.497 e. The number of nitrogens with one attached hydrogen (secondary N) is 3. The second-order valence-corrected chi connectivity index (χ2v) is 6.74. The third kappa shape index (κ3) is 6.95. The molecule has 0 aliphatic carbocycles. The van der Waals surface area contributed by atoms with Crippen molar-refractivity contribution < 1.29 is 9.53 Å². The summed E-state index contributed by atoms with van der Waals surface area (Å²) in [7, 11) is 1.66. The number of nitrogens with zero attached hydrogens (tertiary/aromatic N) is 1. The van der Waals surface area contributed by atoms with E-state index in [4.69, 9.17) is 4.74 Å². The molecule has 0 radical (unpaired) electrons. The summed E-state index contributed by atoms with van der Waals surface area (Å²) in [6.07, 6.45) is 0. The lowest BCUT2D eigenvalue weighted by molar-refractivity contribution is -0.118. The van der Waals surface area contributed by atoms with Crippen LogP contribution in [0.3, 0.4) is 0 Å². The largest absolute Gasteiger partial charge is 0.497 e. The van der Waals surface area contributed by atoms with Crippen molar-refractivity contribution in [3.63, 3.8) is 0 Å². The number of rotatable bonds is 8. The lowest BCUT2D eigenvalue weighted by Gasteiger charge is -2.12. The Labute approximate surface area is 167 Å². The van der Waals surface area contributed by atoms with Crippen molar-refractivity contribution in [2.75, 3.05) is 19.0 Å². The predicted octanol–water partition coefficient (Wildman–Crippen LogP) is 3.55. The van der Waals surface area contributed by atoms with E-state index < -0.39 is 0 Å². The lowest BCUT2D eigenvalue weighted by atomic mass is 10.1. The molecule has 0 spiro atoms. The van der Waals surface area contributed by atoms with Crippen molar-refractivity contribution >= 4 is 17.6 Å². The molecule has 150 valence electrons. The minimum atomic E-state index is -0.0362. The Kier molecular flexibility index (Phi) is 8.34.